The van der Waals surface area contributed by atoms with Crippen LogP contribution in [0.15, 0.2) is 46.1 Å². The molecule has 0 aliphatic heterocycles. The van der Waals surface area contributed by atoms with E-state index < -0.39 is 11.2 Å². The monoisotopic (exact) mass is 345 g/mol. The van der Waals surface area contributed by atoms with Gasteiger partial charge in [-0.25, -0.2) is 4.79 Å². The highest BCUT2D eigenvalue weighted by atomic mass is 16.5. The van der Waals surface area contributed by atoms with E-state index in [1.807, 2.05) is 45.0 Å². The van der Waals surface area contributed by atoms with Gasteiger partial charge in [-0.3, -0.25) is 18.7 Å². The number of hydrogen-bond donors (Lipinski definition) is 1. The Morgan fingerprint density at radius 3 is 2.52 bits per heavy atom. The van der Waals surface area contributed by atoms with E-state index in [2.05, 4.69) is 5.32 Å². The number of carbonyl (C=O) groups excluding carboxylic acids is 1. The molecule has 0 aliphatic carbocycles. The number of rotatable bonds is 6. The van der Waals surface area contributed by atoms with Gasteiger partial charge in [-0.15, -0.1) is 0 Å². The molecule has 1 atom stereocenters. The molecule has 7 heteroatoms. The topological polar surface area (TPSA) is 82.3 Å². The Hall–Kier alpha value is -2.83. The first-order valence-corrected chi connectivity index (χ1v) is 8.11. The van der Waals surface area contributed by atoms with Gasteiger partial charge in [-0.1, -0.05) is 18.2 Å². The summed E-state index contributed by atoms with van der Waals surface area (Å²) in [6.07, 6.45) is 1.35. The molecule has 0 fully saturated rings. The maximum Gasteiger partial charge on any atom is 0.331 e. The molecular weight excluding hydrogens is 322 g/mol. The molecule has 1 unspecified atom stereocenters. The number of carbonyl (C=O) groups is 1. The Bertz CT molecular complexity index is 867. The molecule has 1 aromatic heterocycles. The van der Waals surface area contributed by atoms with Crippen LogP contribution in [0.25, 0.3) is 0 Å². The predicted molar refractivity (Wildman–Crippen MR) is 94.7 cm³/mol. The van der Waals surface area contributed by atoms with Gasteiger partial charge in [0.15, 0.2) is 0 Å². The van der Waals surface area contributed by atoms with Crippen LogP contribution in [0.3, 0.4) is 0 Å². The zero-order valence-corrected chi connectivity index (χ0v) is 14.9. The smallest absolute Gasteiger partial charge is 0.331 e. The average Bonchev–Trinajstić information content (AvgIpc) is 2.55. The van der Waals surface area contributed by atoms with Crippen molar-refractivity contribution in [2.24, 2.45) is 7.05 Å². The molecule has 1 aromatic carbocycles. The number of para-hydroxylation sites is 1. The zero-order chi connectivity index (χ0) is 18.6. The highest BCUT2D eigenvalue weighted by molar-refractivity contribution is 5.76. The lowest BCUT2D eigenvalue weighted by Crippen LogP contribution is -2.40. The molecule has 0 bridgehead atoms. The van der Waals surface area contributed by atoms with Crippen molar-refractivity contribution in [2.75, 3.05) is 0 Å². The molecule has 1 heterocycles. The van der Waals surface area contributed by atoms with Gasteiger partial charge in [0.25, 0.3) is 5.56 Å². The molecule has 0 spiro atoms. The van der Waals surface area contributed by atoms with Crippen LogP contribution >= 0.6 is 0 Å². The van der Waals surface area contributed by atoms with Gasteiger partial charge in [0.1, 0.15) is 12.3 Å². The van der Waals surface area contributed by atoms with E-state index >= 15 is 0 Å². The second kappa shape index (κ2) is 7.83. The van der Waals surface area contributed by atoms with Crippen LogP contribution < -0.4 is 21.3 Å². The molecule has 0 aliphatic rings. The minimum Gasteiger partial charge on any atom is -0.491 e. The summed E-state index contributed by atoms with van der Waals surface area (Å²) in [5, 5.41) is 2.85. The zero-order valence-electron chi connectivity index (χ0n) is 14.9. The van der Waals surface area contributed by atoms with Gasteiger partial charge in [0.05, 0.1) is 12.1 Å². The lowest BCUT2D eigenvalue weighted by molar-refractivity contribution is -0.122. The van der Waals surface area contributed by atoms with E-state index in [9.17, 15) is 14.4 Å². The number of ether oxygens (including phenoxy) is 1. The van der Waals surface area contributed by atoms with Crippen molar-refractivity contribution in [2.45, 2.75) is 39.5 Å². The summed E-state index contributed by atoms with van der Waals surface area (Å²) in [5.41, 5.74) is -0.0778. The van der Waals surface area contributed by atoms with Crippen molar-refractivity contribution in [3.8, 4) is 5.75 Å². The Morgan fingerprint density at radius 2 is 1.84 bits per heavy atom. The van der Waals surface area contributed by atoms with Gasteiger partial charge < -0.3 is 10.1 Å². The van der Waals surface area contributed by atoms with Gasteiger partial charge in [-0.05, 0) is 26.8 Å². The first-order valence-electron chi connectivity index (χ1n) is 8.11. The lowest BCUT2D eigenvalue weighted by Gasteiger charge is -2.20. The van der Waals surface area contributed by atoms with Crippen LogP contribution in [0.5, 0.6) is 5.75 Å². The van der Waals surface area contributed by atoms with Crippen LogP contribution in [0, 0.1) is 0 Å². The Morgan fingerprint density at radius 1 is 1.16 bits per heavy atom. The van der Waals surface area contributed by atoms with E-state index in [1.165, 1.54) is 23.9 Å². The largest absolute Gasteiger partial charge is 0.491 e. The summed E-state index contributed by atoms with van der Waals surface area (Å²) in [6.45, 7) is 5.56. The van der Waals surface area contributed by atoms with Crippen LogP contribution in [-0.4, -0.2) is 21.1 Å². The molecule has 1 N–H and O–H groups in total. The van der Waals surface area contributed by atoms with Crippen molar-refractivity contribution >= 4 is 5.91 Å². The molecule has 0 radical (unpaired) electrons. The standard InChI is InChI=1S/C18H23N3O4/c1-12(2)25-15-8-6-5-7-14(15)13(3)19-16(22)11-21-10-9-17(23)20(4)18(21)24/h5-10,12-13H,11H2,1-4H3,(H,19,22). The lowest BCUT2D eigenvalue weighted by atomic mass is 10.1. The van der Waals surface area contributed by atoms with Gasteiger partial charge in [0, 0.05) is 24.9 Å². The fourth-order valence-electron chi connectivity index (χ4n) is 2.46. The number of nitrogens with zero attached hydrogens (tertiary/aromatic N) is 2. The normalized spacial score (nSPS) is 12.0. The third-order valence-corrected chi connectivity index (χ3v) is 3.70. The summed E-state index contributed by atoms with van der Waals surface area (Å²) in [5.74, 6) is 0.386. The van der Waals surface area contributed by atoms with Crippen LogP contribution in [-0.2, 0) is 18.4 Å². The van der Waals surface area contributed by atoms with Gasteiger partial charge >= 0.3 is 5.69 Å². The Kier molecular flexibility index (Phi) is 5.80. The fraction of sp³-hybridized carbons (Fsp3) is 0.389. The molecule has 0 saturated heterocycles. The second-order valence-electron chi connectivity index (χ2n) is 6.12. The maximum absolute atomic E-state index is 12.3. The number of benzene rings is 1. The van der Waals surface area contributed by atoms with Gasteiger partial charge in [0.2, 0.25) is 5.91 Å². The first kappa shape index (κ1) is 18.5. The molecule has 134 valence electrons. The van der Waals surface area contributed by atoms with Crippen molar-refractivity contribution in [3.63, 3.8) is 0 Å². The number of amides is 1. The summed E-state index contributed by atoms with van der Waals surface area (Å²) < 4.78 is 7.92. The third-order valence-electron chi connectivity index (χ3n) is 3.70. The second-order valence-corrected chi connectivity index (χ2v) is 6.12. The van der Waals surface area contributed by atoms with Crippen LogP contribution in [0.4, 0.5) is 0 Å². The molecule has 0 saturated carbocycles. The number of aromatic nitrogens is 2. The van der Waals surface area contributed by atoms with Gasteiger partial charge in [-0.2, -0.15) is 0 Å². The fourth-order valence-corrected chi connectivity index (χ4v) is 2.46. The van der Waals surface area contributed by atoms with Crippen molar-refractivity contribution in [3.05, 3.63) is 62.9 Å². The third kappa shape index (κ3) is 4.59. The Balaban J connectivity index is 2.12. The molecule has 25 heavy (non-hydrogen) atoms. The highest BCUT2D eigenvalue weighted by Gasteiger charge is 2.15. The summed E-state index contributed by atoms with van der Waals surface area (Å²) in [7, 11) is 1.38. The SMILES string of the molecule is CC(C)Oc1ccccc1C(C)NC(=O)Cn1ccc(=O)n(C)c1=O. The average molecular weight is 345 g/mol. The van der Waals surface area contributed by atoms with Crippen molar-refractivity contribution in [1.82, 2.24) is 14.5 Å². The van der Waals surface area contributed by atoms with Crippen LogP contribution in [0.2, 0.25) is 0 Å². The molecule has 2 aromatic rings. The van der Waals surface area contributed by atoms with Crippen molar-refractivity contribution in [1.29, 1.82) is 0 Å². The summed E-state index contributed by atoms with van der Waals surface area (Å²) in [4.78, 5) is 35.7. The minimum absolute atomic E-state index is 0.0215. The summed E-state index contributed by atoms with van der Waals surface area (Å²) >= 11 is 0. The van der Waals surface area contributed by atoms with E-state index in [1.54, 1.807) is 0 Å². The van der Waals surface area contributed by atoms with Crippen molar-refractivity contribution < 1.29 is 9.53 Å². The van der Waals surface area contributed by atoms with E-state index in [4.69, 9.17) is 4.74 Å². The first-order chi connectivity index (χ1) is 11.8. The summed E-state index contributed by atoms with van der Waals surface area (Å²) in [6, 6.07) is 8.47. The molecule has 1 amide bonds. The van der Waals surface area contributed by atoms with E-state index in [-0.39, 0.29) is 24.6 Å². The Labute approximate surface area is 145 Å². The number of nitrogens with one attached hydrogen (secondary N) is 1. The number of hydrogen-bond acceptors (Lipinski definition) is 4. The maximum atomic E-state index is 12.3. The highest BCUT2D eigenvalue weighted by Crippen LogP contribution is 2.25. The minimum atomic E-state index is -0.529. The van der Waals surface area contributed by atoms with Crippen LogP contribution in [0.1, 0.15) is 32.4 Å². The quantitative estimate of drug-likeness (QED) is 0.853. The molecule has 7 nitrogen and oxygen atoms in total. The van der Waals surface area contributed by atoms with E-state index in [0.717, 1.165) is 10.1 Å². The van der Waals surface area contributed by atoms with E-state index in [0.29, 0.717) is 5.75 Å². The molecule has 2 rings (SSSR count). The predicted octanol–water partition coefficient (Wildman–Crippen LogP) is 1.21. The molecular formula is C18H23N3O4.